The van der Waals surface area contributed by atoms with Crippen molar-refractivity contribution in [3.05, 3.63) is 84.1 Å². The quantitative estimate of drug-likeness (QED) is 0.278. The van der Waals surface area contributed by atoms with Crippen LogP contribution in [0.25, 0.3) is 32.9 Å². The molecule has 1 aliphatic heterocycles. The second-order valence-electron chi connectivity index (χ2n) is 10.6. The van der Waals surface area contributed by atoms with E-state index in [4.69, 9.17) is 9.72 Å². The number of piperidine rings is 1. The van der Waals surface area contributed by atoms with Crippen LogP contribution < -0.4 is 9.64 Å². The third-order valence-electron chi connectivity index (χ3n) is 7.97. The molecule has 2 unspecified atom stereocenters. The largest absolute Gasteiger partial charge is 0.508 e. The van der Waals surface area contributed by atoms with Gasteiger partial charge in [0.25, 0.3) is 0 Å². The van der Waals surface area contributed by atoms with Crippen LogP contribution in [0.5, 0.6) is 11.8 Å². The highest BCUT2D eigenvalue weighted by Crippen LogP contribution is 2.41. The van der Waals surface area contributed by atoms with E-state index < -0.39 is 5.82 Å². The molecule has 0 radical (unpaired) electrons. The van der Waals surface area contributed by atoms with E-state index in [-0.39, 0.29) is 35.4 Å². The Balaban J connectivity index is 1.37. The Labute approximate surface area is 223 Å². The van der Waals surface area contributed by atoms with E-state index in [2.05, 4.69) is 14.9 Å². The number of anilines is 1. The lowest BCUT2D eigenvalue weighted by Crippen LogP contribution is -2.37. The molecule has 7 rings (SSSR count). The molecule has 8 heteroatoms. The van der Waals surface area contributed by atoms with Crippen LogP contribution in [0.2, 0.25) is 0 Å². The Bertz CT molecular complexity index is 1710. The van der Waals surface area contributed by atoms with Gasteiger partial charge in [0, 0.05) is 30.4 Å². The third-order valence-corrected chi connectivity index (χ3v) is 7.97. The van der Waals surface area contributed by atoms with Crippen molar-refractivity contribution in [3.63, 3.8) is 0 Å². The fourth-order valence-corrected chi connectivity index (χ4v) is 6.14. The maximum atomic E-state index is 16.4. The van der Waals surface area contributed by atoms with E-state index in [9.17, 15) is 9.50 Å². The first kappa shape index (κ1) is 23.8. The number of nitrogens with zero attached hydrogens (tertiary/aromatic N) is 4. The lowest BCUT2D eigenvalue weighted by atomic mass is 9.98. The average Bonchev–Trinajstić information content (AvgIpc) is 3.29. The second kappa shape index (κ2) is 9.45. The summed E-state index contributed by atoms with van der Waals surface area (Å²) in [6.07, 6.45) is 5.18. The van der Waals surface area contributed by atoms with Crippen molar-refractivity contribution in [1.29, 1.82) is 0 Å². The highest BCUT2D eigenvalue weighted by Gasteiger charge is 2.34. The lowest BCUT2D eigenvalue weighted by Gasteiger charge is -2.33. The van der Waals surface area contributed by atoms with Crippen molar-refractivity contribution in [2.75, 3.05) is 18.0 Å². The molecule has 2 aromatic heterocycles. The van der Waals surface area contributed by atoms with Gasteiger partial charge in [0.15, 0.2) is 5.82 Å². The zero-order chi connectivity index (χ0) is 26.5. The van der Waals surface area contributed by atoms with Crippen molar-refractivity contribution >= 4 is 27.5 Å². The predicted octanol–water partition coefficient (Wildman–Crippen LogP) is 6.64. The summed E-state index contributed by atoms with van der Waals surface area (Å²) >= 11 is 0. The summed E-state index contributed by atoms with van der Waals surface area (Å²) in [6, 6.07) is 16.9. The van der Waals surface area contributed by atoms with E-state index in [1.807, 2.05) is 24.3 Å². The number of benzene rings is 3. The standard InChI is InChI=1S/C31H26F2N4O2/c32-26-8-4-2-6-21(26)17-39-31-35-29-25(30(36-31)37-15-18-9-10-19(11-18)16-37)14-34-28(27(29)33)24-13-22(38)12-20-5-1-3-7-23(20)24/h1-8,12-14,18-19,38H,9-11,15-17H2. The summed E-state index contributed by atoms with van der Waals surface area (Å²) in [7, 11) is 0. The van der Waals surface area contributed by atoms with Crippen LogP contribution in [0.1, 0.15) is 24.8 Å². The van der Waals surface area contributed by atoms with Crippen LogP contribution in [0.3, 0.4) is 0 Å². The highest BCUT2D eigenvalue weighted by molar-refractivity contribution is 5.99. The van der Waals surface area contributed by atoms with Crippen molar-refractivity contribution in [2.45, 2.75) is 25.9 Å². The molecule has 2 atom stereocenters. The fourth-order valence-electron chi connectivity index (χ4n) is 6.14. The summed E-state index contributed by atoms with van der Waals surface area (Å²) in [6.45, 7) is 1.57. The Kier molecular flexibility index (Phi) is 5.76. The third kappa shape index (κ3) is 4.30. The van der Waals surface area contributed by atoms with Gasteiger partial charge in [-0.15, -0.1) is 0 Å². The van der Waals surface area contributed by atoms with Crippen LogP contribution in [0.4, 0.5) is 14.6 Å². The first-order chi connectivity index (χ1) is 19.0. The summed E-state index contributed by atoms with van der Waals surface area (Å²) in [5, 5.41) is 12.4. The molecule has 2 bridgehead atoms. The molecule has 6 nitrogen and oxygen atoms in total. The molecule has 1 saturated heterocycles. The van der Waals surface area contributed by atoms with E-state index in [0.29, 0.717) is 34.2 Å². The minimum absolute atomic E-state index is 0.0181. The van der Waals surface area contributed by atoms with Gasteiger partial charge >= 0.3 is 6.01 Å². The van der Waals surface area contributed by atoms with Crippen molar-refractivity contribution in [2.24, 2.45) is 11.8 Å². The van der Waals surface area contributed by atoms with Crippen molar-refractivity contribution in [3.8, 4) is 23.0 Å². The molecule has 1 aliphatic carbocycles. The number of pyridine rings is 1. The molecule has 5 aromatic rings. The smallest absolute Gasteiger partial charge is 0.319 e. The number of fused-ring (bicyclic) bond motifs is 4. The molecular weight excluding hydrogens is 498 g/mol. The Hall–Kier alpha value is -4.33. The fraction of sp³-hybridized carbons (Fsp3) is 0.258. The van der Waals surface area contributed by atoms with Gasteiger partial charge in [-0.3, -0.25) is 4.98 Å². The first-order valence-electron chi connectivity index (χ1n) is 13.2. The van der Waals surface area contributed by atoms with Crippen LogP contribution in [0.15, 0.2) is 66.9 Å². The van der Waals surface area contributed by atoms with Crippen LogP contribution >= 0.6 is 0 Å². The van der Waals surface area contributed by atoms with Crippen LogP contribution in [-0.4, -0.2) is 33.1 Å². The molecular formula is C31H26F2N4O2. The molecule has 39 heavy (non-hydrogen) atoms. The average molecular weight is 525 g/mol. The SMILES string of the molecule is Oc1cc(-c2ncc3c(N4CC5CCC(C5)C4)nc(OCc4ccccc4F)nc3c2F)c2ccccc2c1. The number of aromatic hydroxyl groups is 1. The number of rotatable bonds is 5. The zero-order valence-corrected chi connectivity index (χ0v) is 21.1. The first-order valence-corrected chi connectivity index (χ1v) is 13.2. The molecule has 3 aromatic carbocycles. The van der Waals surface area contributed by atoms with Crippen molar-refractivity contribution < 1.29 is 18.6 Å². The minimum atomic E-state index is -0.623. The van der Waals surface area contributed by atoms with Gasteiger partial charge in [0.2, 0.25) is 0 Å². The number of ether oxygens (including phenoxy) is 1. The summed E-state index contributed by atoms with van der Waals surface area (Å²) < 4.78 is 36.5. The zero-order valence-electron chi connectivity index (χ0n) is 21.1. The molecule has 3 heterocycles. The number of aromatic nitrogens is 3. The summed E-state index contributed by atoms with van der Waals surface area (Å²) in [5.41, 5.74) is 0.993. The van der Waals surface area contributed by atoms with Gasteiger partial charge in [-0.25, -0.2) is 8.78 Å². The van der Waals surface area contributed by atoms with Gasteiger partial charge in [-0.2, -0.15) is 9.97 Å². The Morgan fingerprint density at radius 1 is 0.923 bits per heavy atom. The number of hydrogen-bond donors (Lipinski definition) is 1. The lowest BCUT2D eigenvalue weighted by molar-refractivity contribution is 0.276. The highest BCUT2D eigenvalue weighted by atomic mass is 19.1. The van der Waals surface area contributed by atoms with Crippen molar-refractivity contribution in [1.82, 2.24) is 15.0 Å². The Morgan fingerprint density at radius 2 is 1.69 bits per heavy atom. The van der Waals surface area contributed by atoms with Gasteiger partial charge in [0.05, 0.1) is 5.39 Å². The molecule has 2 aliphatic rings. The monoisotopic (exact) mass is 524 g/mol. The molecule has 0 amide bonds. The number of hydrogen-bond acceptors (Lipinski definition) is 6. The normalized spacial score (nSPS) is 18.7. The minimum Gasteiger partial charge on any atom is -0.508 e. The maximum Gasteiger partial charge on any atom is 0.319 e. The van der Waals surface area contributed by atoms with E-state index in [0.717, 1.165) is 23.9 Å². The number of halogens is 2. The Morgan fingerprint density at radius 3 is 2.51 bits per heavy atom. The second-order valence-corrected chi connectivity index (χ2v) is 10.6. The molecule has 1 saturated carbocycles. The maximum absolute atomic E-state index is 16.4. The van der Waals surface area contributed by atoms with E-state index >= 15 is 4.39 Å². The molecule has 196 valence electrons. The summed E-state index contributed by atoms with van der Waals surface area (Å²) in [5.74, 6) is 0.742. The molecule has 0 spiro atoms. The number of phenols is 1. The van der Waals surface area contributed by atoms with E-state index in [1.54, 1.807) is 30.5 Å². The van der Waals surface area contributed by atoms with E-state index in [1.165, 1.54) is 31.4 Å². The van der Waals surface area contributed by atoms with Crippen LogP contribution in [-0.2, 0) is 6.61 Å². The predicted molar refractivity (Wildman–Crippen MR) is 146 cm³/mol. The van der Waals surface area contributed by atoms with Gasteiger partial charge in [-0.05, 0) is 60.1 Å². The summed E-state index contributed by atoms with van der Waals surface area (Å²) in [4.78, 5) is 15.9. The van der Waals surface area contributed by atoms with Gasteiger partial charge < -0.3 is 14.7 Å². The topological polar surface area (TPSA) is 71.4 Å². The molecule has 2 fully saturated rings. The van der Waals surface area contributed by atoms with Gasteiger partial charge in [-0.1, -0.05) is 42.5 Å². The molecule has 1 N–H and O–H groups in total. The number of phenolic OH excluding ortho intramolecular Hbond substituents is 1. The van der Waals surface area contributed by atoms with Gasteiger partial charge in [0.1, 0.15) is 35.2 Å². The van der Waals surface area contributed by atoms with Crippen LogP contribution in [0, 0.1) is 23.5 Å².